The van der Waals surface area contributed by atoms with Crippen molar-refractivity contribution in [2.24, 2.45) is 0 Å². The van der Waals surface area contributed by atoms with Crippen molar-refractivity contribution >= 4 is 28.8 Å². The minimum Gasteiger partial charge on any atom is -0.497 e. The topological polar surface area (TPSA) is 31.2 Å². The minimum atomic E-state index is 0.531. The first kappa shape index (κ1) is 13.5. The Bertz CT molecular complexity index is 643. The third kappa shape index (κ3) is 2.20. The Labute approximate surface area is 123 Å². The van der Waals surface area contributed by atoms with Crippen LogP contribution in [0.1, 0.15) is 41.2 Å². The van der Waals surface area contributed by atoms with Gasteiger partial charge in [-0.05, 0) is 43.4 Å². The Hall–Kier alpha value is -1.48. The molecular formula is C16H18ClNO2. The van der Waals surface area contributed by atoms with Gasteiger partial charge < -0.3 is 9.30 Å². The van der Waals surface area contributed by atoms with Crippen LogP contribution in [0.2, 0.25) is 0 Å². The number of benzene rings is 1. The fraction of sp³-hybridized carbons (Fsp3) is 0.438. The first-order valence-electron chi connectivity index (χ1n) is 7.01. The maximum atomic E-state index is 11.6. The first-order valence-corrected chi connectivity index (χ1v) is 7.55. The highest BCUT2D eigenvalue weighted by Gasteiger charge is 2.31. The molecule has 0 N–H and O–H groups in total. The lowest BCUT2D eigenvalue weighted by molar-refractivity contribution is 0.112. The zero-order chi connectivity index (χ0) is 14.1. The maximum Gasteiger partial charge on any atom is 0.152 e. The van der Waals surface area contributed by atoms with Crippen molar-refractivity contribution in [3.63, 3.8) is 0 Å². The van der Waals surface area contributed by atoms with Gasteiger partial charge in [-0.25, -0.2) is 0 Å². The van der Waals surface area contributed by atoms with E-state index in [1.54, 1.807) is 7.11 Å². The van der Waals surface area contributed by atoms with Crippen LogP contribution in [0.25, 0.3) is 10.9 Å². The standard InChI is InChI=1S/C16H18ClNO2/c1-20-12-5-6-15-13(9-12)14(10-19)16(11-3-4-11)18(15)8-2-7-17/h5-6,9-11H,2-4,7-8H2,1H3. The number of carbonyl (C=O) groups excluding carboxylic acids is 1. The van der Waals surface area contributed by atoms with E-state index >= 15 is 0 Å². The molecule has 0 saturated heterocycles. The fourth-order valence-electron chi connectivity index (χ4n) is 2.89. The van der Waals surface area contributed by atoms with Crippen LogP contribution in [0.15, 0.2) is 18.2 Å². The molecule has 1 aromatic carbocycles. The van der Waals surface area contributed by atoms with Crippen LogP contribution in [0.5, 0.6) is 5.75 Å². The predicted octanol–water partition coefficient (Wildman–Crippen LogP) is 3.97. The average molecular weight is 292 g/mol. The SMILES string of the molecule is COc1ccc2c(c1)c(C=O)c(C1CC1)n2CCCCl. The number of rotatable bonds is 6. The molecular weight excluding hydrogens is 274 g/mol. The van der Waals surface area contributed by atoms with Crippen LogP contribution < -0.4 is 4.74 Å². The van der Waals surface area contributed by atoms with Crippen LogP contribution in [0.4, 0.5) is 0 Å². The summed E-state index contributed by atoms with van der Waals surface area (Å²) in [7, 11) is 1.65. The van der Waals surface area contributed by atoms with E-state index in [1.807, 2.05) is 18.2 Å². The number of aromatic nitrogens is 1. The van der Waals surface area contributed by atoms with Gasteiger partial charge in [-0.1, -0.05) is 0 Å². The summed E-state index contributed by atoms with van der Waals surface area (Å²) >= 11 is 5.84. The second-order valence-corrected chi connectivity index (χ2v) is 5.65. The highest BCUT2D eigenvalue weighted by molar-refractivity contribution is 6.17. The molecule has 4 heteroatoms. The fourth-order valence-corrected chi connectivity index (χ4v) is 3.01. The van der Waals surface area contributed by atoms with E-state index in [1.165, 1.54) is 18.5 Å². The summed E-state index contributed by atoms with van der Waals surface area (Å²) in [6, 6.07) is 5.95. The normalized spacial score (nSPS) is 14.7. The molecule has 3 rings (SSSR count). The number of hydrogen-bond donors (Lipinski definition) is 0. The number of halogens is 1. The molecule has 1 heterocycles. The molecule has 0 amide bonds. The van der Waals surface area contributed by atoms with E-state index in [0.717, 1.165) is 41.5 Å². The molecule has 0 unspecified atom stereocenters. The molecule has 0 spiro atoms. The Balaban J connectivity index is 2.22. The third-order valence-electron chi connectivity index (χ3n) is 3.95. The quantitative estimate of drug-likeness (QED) is 0.596. The Morgan fingerprint density at radius 3 is 2.85 bits per heavy atom. The van der Waals surface area contributed by atoms with Gasteiger partial charge in [0.1, 0.15) is 5.75 Å². The zero-order valence-corrected chi connectivity index (χ0v) is 12.3. The number of alkyl halides is 1. The van der Waals surface area contributed by atoms with Crippen molar-refractivity contribution < 1.29 is 9.53 Å². The van der Waals surface area contributed by atoms with E-state index in [4.69, 9.17) is 16.3 Å². The van der Waals surface area contributed by atoms with Gasteiger partial charge in [-0.3, -0.25) is 4.79 Å². The lowest BCUT2D eigenvalue weighted by Crippen LogP contribution is -2.04. The van der Waals surface area contributed by atoms with Crippen molar-refractivity contribution in [1.82, 2.24) is 4.57 Å². The minimum absolute atomic E-state index is 0.531. The monoisotopic (exact) mass is 291 g/mol. The highest BCUT2D eigenvalue weighted by atomic mass is 35.5. The molecule has 20 heavy (non-hydrogen) atoms. The molecule has 3 nitrogen and oxygen atoms in total. The molecule has 1 aromatic heterocycles. The number of nitrogens with zero attached hydrogens (tertiary/aromatic N) is 1. The molecule has 2 aromatic rings. The summed E-state index contributed by atoms with van der Waals surface area (Å²) in [5, 5.41) is 0.996. The van der Waals surface area contributed by atoms with Crippen molar-refractivity contribution in [2.75, 3.05) is 13.0 Å². The maximum absolute atomic E-state index is 11.6. The molecule has 1 saturated carbocycles. The van der Waals surface area contributed by atoms with Gasteiger partial charge in [0.25, 0.3) is 0 Å². The van der Waals surface area contributed by atoms with E-state index in [-0.39, 0.29) is 0 Å². The average Bonchev–Trinajstić information content (AvgIpc) is 3.27. The lowest BCUT2D eigenvalue weighted by atomic mass is 10.1. The molecule has 106 valence electrons. The molecule has 0 bridgehead atoms. The molecule has 0 radical (unpaired) electrons. The van der Waals surface area contributed by atoms with Crippen LogP contribution in [0.3, 0.4) is 0 Å². The first-order chi connectivity index (χ1) is 9.80. The summed E-state index contributed by atoms with van der Waals surface area (Å²) in [5.74, 6) is 1.96. The summed E-state index contributed by atoms with van der Waals surface area (Å²) in [6.45, 7) is 0.867. The Morgan fingerprint density at radius 2 is 2.25 bits per heavy atom. The number of fused-ring (bicyclic) bond motifs is 1. The van der Waals surface area contributed by atoms with Crippen molar-refractivity contribution in [1.29, 1.82) is 0 Å². The Kier molecular flexibility index (Phi) is 3.70. The molecule has 0 aliphatic heterocycles. The second-order valence-electron chi connectivity index (χ2n) is 5.27. The van der Waals surface area contributed by atoms with Crippen molar-refractivity contribution in [3.05, 3.63) is 29.5 Å². The van der Waals surface area contributed by atoms with Crippen molar-refractivity contribution in [2.45, 2.75) is 31.7 Å². The van der Waals surface area contributed by atoms with Crippen LogP contribution in [-0.2, 0) is 6.54 Å². The lowest BCUT2D eigenvalue weighted by Gasteiger charge is -2.09. The summed E-state index contributed by atoms with van der Waals surface area (Å²) in [5.41, 5.74) is 3.13. The summed E-state index contributed by atoms with van der Waals surface area (Å²) in [4.78, 5) is 11.6. The third-order valence-corrected chi connectivity index (χ3v) is 4.22. The zero-order valence-electron chi connectivity index (χ0n) is 11.6. The largest absolute Gasteiger partial charge is 0.497 e. The van der Waals surface area contributed by atoms with Crippen LogP contribution in [-0.4, -0.2) is 23.8 Å². The number of aldehydes is 1. The smallest absolute Gasteiger partial charge is 0.152 e. The molecule has 1 aliphatic carbocycles. The Morgan fingerprint density at radius 1 is 1.45 bits per heavy atom. The summed E-state index contributed by atoms with van der Waals surface area (Å²) in [6.07, 6.45) is 4.26. The molecule has 1 aliphatic rings. The molecule has 1 fully saturated rings. The van der Waals surface area contributed by atoms with Crippen molar-refractivity contribution in [3.8, 4) is 5.75 Å². The highest BCUT2D eigenvalue weighted by Crippen LogP contribution is 2.45. The number of ether oxygens (including phenoxy) is 1. The number of aryl methyl sites for hydroxylation is 1. The van der Waals surface area contributed by atoms with Gasteiger partial charge in [0.15, 0.2) is 6.29 Å². The number of hydrogen-bond acceptors (Lipinski definition) is 2. The summed E-state index contributed by atoms with van der Waals surface area (Å²) < 4.78 is 7.56. The second kappa shape index (κ2) is 5.49. The van der Waals surface area contributed by atoms with Gasteiger partial charge in [0, 0.05) is 34.6 Å². The van der Waals surface area contributed by atoms with E-state index in [0.29, 0.717) is 11.8 Å². The van der Waals surface area contributed by atoms with Crippen LogP contribution in [0, 0.1) is 0 Å². The van der Waals surface area contributed by atoms with E-state index in [2.05, 4.69) is 4.57 Å². The number of methoxy groups -OCH3 is 1. The van der Waals surface area contributed by atoms with Gasteiger partial charge in [-0.2, -0.15) is 0 Å². The van der Waals surface area contributed by atoms with Crippen LogP contribution >= 0.6 is 11.6 Å². The van der Waals surface area contributed by atoms with Gasteiger partial charge >= 0.3 is 0 Å². The number of carbonyl (C=O) groups is 1. The van der Waals surface area contributed by atoms with E-state index < -0.39 is 0 Å². The van der Waals surface area contributed by atoms with Gasteiger partial charge in [0.2, 0.25) is 0 Å². The molecule has 0 atom stereocenters. The van der Waals surface area contributed by atoms with Gasteiger partial charge in [0.05, 0.1) is 7.11 Å². The van der Waals surface area contributed by atoms with E-state index in [9.17, 15) is 4.79 Å². The van der Waals surface area contributed by atoms with Gasteiger partial charge in [-0.15, -0.1) is 11.6 Å². The predicted molar refractivity (Wildman–Crippen MR) is 81.2 cm³/mol.